The summed E-state index contributed by atoms with van der Waals surface area (Å²) in [5.41, 5.74) is 8.99. The van der Waals surface area contributed by atoms with Crippen molar-refractivity contribution < 1.29 is 0 Å². The zero-order valence-electron chi connectivity index (χ0n) is 11.7. The molecule has 1 aliphatic heterocycles. The SMILES string of the molecule is Cc1ccc(C(N)C(C)N2CCCCCC2)cc1. The van der Waals surface area contributed by atoms with Gasteiger partial charge in [-0.25, -0.2) is 0 Å². The topological polar surface area (TPSA) is 29.3 Å². The molecule has 100 valence electrons. The van der Waals surface area contributed by atoms with Crippen molar-refractivity contribution in [2.45, 2.75) is 51.6 Å². The van der Waals surface area contributed by atoms with Gasteiger partial charge in [-0.3, -0.25) is 4.90 Å². The van der Waals surface area contributed by atoms with E-state index >= 15 is 0 Å². The average molecular weight is 246 g/mol. The second-order valence-corrected chi connectivity index (χ2v) is 5.63. The summed E-state index contributed by atoms with van der Waals surface area (Å²) in [7, 11) is 0. The number of rotatable bonds is 3. The third kappa shape index (κ3) is 3.33. The summed E-state index contributed by atoms with van der Waals surface area (Å²) in [5.74, 6) is 0. The molecule has 0 saturated carbocycles. The number of benzene rings is 1. The van der Waals surface area contributed by atoms with Crippen LogP contribution < -0.4 is 5.73 Å². The van der Waals surface area contributed by atoms with Crippen LogP contribution in [-0.2, 0) is 0 Å². The molecule has 1 aromatic rings. The minimum absolute atomic E-state index is 0.128. The van der Waals surface area contributed by atoms with E-state index in [1.807, 2.05) is 0 Å². The number of nitrogens with two attached hydrogens (primary N) is 1. The Bertz CT molecular complexity index is 350. The van der Waals surface area contributed by atoms with Crippen LogP contribution in [0.5, 0.6) is 0 Å². The quantitative estimate of drug-likeness (QED) is 0.887. The largest absolute Gasteiger partial charge is 0.323 e. The van der Waals surface area contributed by atoms with Gasteiger partial charge in [0.25, 0.3) is 0 Å². The summed E-state index contributed by atoms with van der Waals surface area (Å²) >= 11 is 0. The van der Waals surface area contributed by atoms with E-state index in [0.29, 0.717) is 6.04 Å². The molecule has 1 saturated heterocycles. The third-order valence-electron chi connectivity index (χ3n) is 4.20. The maximum absolute atomic E-state index is 6.43. The van der Waals surface area contributed by atoms with Crippen molar-refractivity contribution in [1.82, 2.24) is 4.90 Å². The Hall–Kier alpha value is -0.860. The van der Waals surface area contributed by atoms with Crippen molar-refractivity contribution in [3.05, 3.63) is 35.4 Å². The molecule has 1 aliphatic rings. The van der Waals surface area contributed by atoms with E-state index in [1.54, 1.807) is 0 Å². The Labute approximate surface area is 111 Å². The maximum Gasteiger partial charge on any atom is 0.0450 e. The fourth-order valence-electron chi connectivity index (χ4n) is 2.80. The molecule has 0 aliphatic carbocycles. The molecule has 0 bridgehead atoms. The molecule has 2 nitrogen and oxygen atoms in total. The van der Waals surface area contributed by atoms with Gasteiger partial charge in [0.05, 0.1) is 0 Å². The zero-order chi connectivity index (χ0) is 13.0. The lowest BCUT2D eigenvalue weighted by molar-refractivity contribution is 0.191. The summed E-state index contributed by atoms with van der Waals surface area (Å²) in [6, 6.07) is 9.23. The first-order chi connectivity index (χ1) is 8.68. The highest BCUT2D eigenvalue weighted by atomic mass is 15.2. The van der Waals surface area contributed by atoms with Gasteiger partial charge in [0.2, 0.25) is 0 Å². The molecule has 0 spiro atoms. The van der Waals surface area contributed by atoms with Gasteiger partial charge in [-0.2, -0.15) is 0 Å². The lowest BCUT2D eigenvalue weighted by Crippen LogP contribution is -2.41. The van der Waals surface area contributed by atoms with Crippen molar-refractivity contribution in [3.63, 3.8) is 0 Å². The highest BCUT2D eigenvalue weighted by molar-refractivity contribution is 5.24. The third-order valence-corrected chi connectivity index (χ3v) is 4.20. The van der Waals surface area contributed by atoms with Crippen LogP contribution in [-0.4, -0.2) is 24.0 Å². The zero-order valence-corrected chi connectivity index (χ0v) is 11.7. The van der Waals surface area contributed by atoms with E-state index in [4.69, 9.17) is 5.73 Å². The van der Waals surface area contributed by atoms with Gasteiger partial charge >= 0.3 is 0 Å². The number of nitrogens with zero attached hydrogens (tertiary/aromatic N) is 1. The number of hydrogen-bond acceptors (Lipinski definition) is 2. The molecule has 0 aromatic heterocycles. The lowest BCUT2D eigenvalue weighted by atomic mass is 9.99. The lowest BCUT2D eigenvalue weighted by Gasteiger charge is -2.32. The van der Waals surface area contributed by atoms with E-state index in [1.165, 1.54) is 49.9 Å². The highest BCUT2D eigenvalue weighted by Crippen LogP contribution is 2.21. The smallest absolute Gasteiger partial charge is 0.0450 e. The summed E-state index contributed by atoms with van der Waals surface area (Å²) < 4.78 is 0. The summed E-state index contributed by atoms with van der Waals surface area (Å²) in [6.45, 7) is 6.81. The summed E-state index contributed by atoms with van der Waals surface area (Å²) in [4.78, 5) is 2.57. The molecule has 1 aromatic carbocycles. The van der Waals surface area contributed by atoms with Crippen molar-refractivity contribution >= 4 is 0 Å². The number of hydrogen-bond donors (Lipinski definition) is 1. The van der Waals surface area contributed by atoms with Crippen molar-refractivity contribution in [3.8, 4) is 0 Å². The first kappa shape index (κ1) is 13.6. The van der Waals surface area contributed by atoms with Crippen LogP contribution in [0.25, 0.3) is 0 Å². The second kappa shape index (κ2) is 6.35. The van der Waals surface area contributed by atoms with Crippen LogP contribution >= 0.6 is 0 Å². The van der Waals surface area contributed by atoms with Gasteiger partial charge in [0.15, 0.2) is 0 Å². The summed E-state index contributed by atoms with van der Waals surface area (Å²) in [6.07, 6.45) is 5.40. The predicted octanol–water partition coefficient (Wildman–Crippen LogP) is 3.26. The minimum atomic E-state index is 0.128. The fourth-order valence-corrected chi connectivity index (χ4v) is 2.80. The van der Waals surface area contributed by atoms with Gasteiger partial charge in [0.1, 0.15) is 0 Å². The monoisotopic (exact) mass is 246 g/mol. The molecule has 18 heavy (non-hydrogen) atoms. The number of likely N-dealkylation sites (tertiary alicyclic amines) is 1. The van der Waals surface area contributed by atoms with E-state index in [0.717, 1.165) is 0 Å². The molecule has 1 heterocycles. The molecule has 0 radical (unpaired) electrons. The molecule has 2 heteroatoms. The van der Waals surface area contributed by atoms with Crippen molar-refractivity contribution in [2.75, 3.05) is 13.1 Å². The van der Waals surface area contributed by atoms with Crippen LogP contribution in [0.4, 0.5) is 0 Å². The van der Waals surface area contributed by atoms with Gasteiger partial charge in [-0.15, -0.1) is 0 Å². The Morgan fingerprint density at radius 1 is 1.00 bits per heavy atom. The van der Waals surface area contributed by atoms with Gasteiger partial charge in [-0.05, 0) is 45.3 Å². The predicted molar refractivity (Wildman–Crippen MR) is 77.6 cm³/mol. The van der Waals surface area contributed by atoms with E-state index in [-0.39, 0.29) is 6.04 Å². The maximum atomic E-state index is 6.43. The normalized spacial score (nSPS) is 21.3. The second-order valence-electron chi connectivity index (χ2n) is 5.63. The fraction of sp³-hybridized carbons (Fsp3) is 0.625. The van der Waals surface area contributed by atoms with Crippen molar-refractivity contribution in [2.24, 2.45) is 5.73 Å². The van der Waals surface area contributed by atoms with Crippen LogP contribution in [0, 0.1) is 6.92 Å². The molecular formula is C16H26N2. The first-order valence-corrected chi connectivity index (χ1v) is 7.24. The van der Waals surface area contributed by atoms with Crippen LogP contribution in [0.3, 0.4) is 0 Å². The van der Waals surface area contributed by atoms with Gasteiger partial charge in [-0.1, -0.05) is 42.7 Å². The molecule has 2 N–H and O–H groups in total. The number of aryl methyl sites for hydroxylation is 1. The molecular weight excluding hydrogens is 220 g/mol. The standard InChI is InChI=1S/C16H26N2/c1-13-7-9-15(10-8-13)16(17)14(2)18-11-5-3-4-6-12-18/h7-10,14,16H,3-6,11-12,17H2,1-2H3. The Balaban J connectivity index is 2.02. The Morgan fingerprint density at radius 3 is 2.11 bits per heavy atom. The molecule has 2 rings (SSSR count). The molecule has 0 amide bonds. The highest BCUT2D eigenvalue weighted by Gasteiger charge is 2.22. The summed E-state index contributed by atoms with van der Waals surface area (Å²) in [5, 5.41) is 0. The average Bonchev–Trinajstić information content (AvgIpc) is 2.67. The van der Waals surface area contributed by atoms with E-state index < -0.39 is 0 Å². The first-order valence-electron chi connectivity index (χ1n) is 7.24. The molecule has 1 fully saturated rings. The molecule has 2 unspecified atom stereocenters. The van der Waals surface area contributed by atoms with Crippen molar-refractivity contribution in [1.29, 1.82) is 0 Å². The Kier molecular flexibility index (Phi) is 4.79. The van der Waals surface area contributed by atoms with Crippen LogP contribution in [0.15, 0.2) is 24.3 Å². The van der Waals surface area contributed by atoms with Gasteiger partial charge < -0.3 is 5.73 Å². The Morgan fingerprint density at radius 2 is 1.56 bits per heavy atom. The van der Waals surface area contributed by atoms with Crippen LogP contribution in [0.1, 0.15) is 49.8 Å². The molecule has 2 atom stereocenters. The van der Waals surface area contributed by atoms with Gasteiger partial charge in [0, 0.05) is 12.1 Å². The van der Waals surface area contributed by atoms with Crippen LogP contribution in [0.2, 0.25) is 0 Å². The minimum Gasteiger partial charge on any atom is -0.323 e. The van der Waals surface area contributed by atoms with E-state index in [2.05, 4.69) is 43.0 Å². The van der Waals surface area contributed by atoms with E-state index in [9.17, 15) is 0 Å².